The number of benzene rings is 1. The maximum absolute atomic E-state index is 12.9. The summed E-state index contributed by atoms with van der Waals surface area (Å²) in [7, 11) is -1.88. The van der Waals surface area contributed by atoms with E-state index >= 15 is 0 Å². The van der Waals surface area contributed by atoms with Crippen molar-refractivity contribution in [1.29, 1.82) is 0 Å². The third-order valence-corrected chi connectivity index (χ3v) is 7.04. The Morgan fingerprint density at radius 1 is 1.00 bits per heavy atom. The fourth-order valence-corrected chi connectivity index (χ4v) is 4.94. The Morgan fingerprint density at radius 3 is 2.30 bits per heavy atom. The number of carbonyl (C=O) groups is 1. The van der Waals surface area contributed by atoms with Crippen LogP contribution in [-0.2, 0) is 17.1 Å². The molecule has 7 heteroatoms. The van der Waals surface area contributed by atoms with Gasteiger partial charge in [0.05, 0.1) is 0 Å². The summed E-state index contributed by atoms with van der Waals surface area (Å²) >= 11 is 0. The summed E-state index contributed by atoms with van der Waals surface area (Å²) in [6.45, 7) is 5.08. The van der Waals surface area contributed by atoms with E-state index in [1.807, 2.05) is 32.0 Å². The Labute approximate surface area is 161 Å². The van der Waals surface area contributed by atoms with Crippen LogP contribution in [0.2, 0.25) is 0 Å². The summed E-state index contributed by atoms with van der Waals surface area (Å²) in [5, 5.41) is 2.85. The molecule has 27 heavy (non-hydrogen) atoms. The number of aromatic nitrogens is 1. The molecular weight excluding hydrogens is 362 g/mol. The Kier molecular flexibility index (Phi) is 5.72. The predicted molar refractivity (Wildman–Crippen MR) is 107 cm³/mol. The summed E-state index contributed by atoms with van der Waals surface area (Å²) in [4.78, 5) is 12.8. The summed E-state index contributed by atoms with van der Waals surface area (Å²) < 4.78 is 29.0. The van der Waals surface area contributed by atoms with Crippen LogP contribution in [0.3, 0.4) is 0 Å². The summed E-state index contributed by atoms with van der Waals surface area (Å²) in [5.74, 6) is -0.321. The van der Waals surface area contributed by atoms with Crippen molar-refractivity contribution in [2.24, 2.45) is 7.05 Å². The molecule has 0 saturated carbocycles. The summed E-state index contributed by atoms with van der Waals surface area (Å²) in [5.41, 5.74) is 3.25. The van der Waals surface area contributed by atoms with Crippen LogP contribution in [0.1, 0.15) is 47.3 Å². The molecule has 1 aromatic carbocycles. The van der Waals surface area contributed by atoms with Gasteiger partial charge in [0.2, 0.25) is 10.0 Å². The number of hydrogen-bond acceptors (Lipinski definition) is 3. The third-order valence-electron chi connectivity index (χ3n) is 5.18. The summed E-state index contributed by atoms with van der Waals surface area (Å²) in [6.07, 6.45) is 5.41. The second-order valence-electron chi connectivity index (χ2n) is 7.24. The van der Waals surface area contributed by atoms with Crippen LogP contribution < -0.4 is 5.32 Å². The normalized spacial score (nSPS) is 16.1. The fourth-order valence-electron chi connectivity index (χ4n) is 3.35. The highest BCUT2D eigenvalue weighted by molar-refractivity contribution is 7.89. The first kappa shape index (κ1) is 19.6. The molecule has 2 heterocycles. The molecule has 0 atom stereocenters. The van der Waals surface area contributed by atoms with E-state index in [0.29, 0.717) is 24.5 Å². The van der Waals surface area contributed by atoms with Crippen LogP contribution in [0.15, 0.2) is 35.4 Å². The minimum absolute atomic E-state index is 0.178. The Morgan fingerprint density at radius 2 is 1.67 bits per heavy atom. The SMILES string of the molecule is Cc1ccc(NC(=O)c2cc(S(=O)(=O)N3CCCCCC3)cn2C)cc1C. The maximum atomic E-state index is 12.9. The first-order chi connectivity index (χ1) is 12.8. The van der Waals surface area contributed by atoms with Crippen molar-refractivity contribution in [2.45, 2.75) is 44.4 Å². The molecule has 1 aromatic heterocycles. The molecule has 0 unspecified atom stereocenters. The molecule has 1 aliphatic heterocycles. The lowest BCUT2D eigenvalue weighted by atomic mass is 10.1. The zero-order chi connectivity index (χ0) is 19.6. The van der Waals surface area contributed by atoms with Crippen LogP contribution in [-0.4, -0.2) is 36.3 Å². The van der Waals surface area contributed by atoms with E-state index in [2.05, 4.69) is 5.32 Å². The first-order valence-corrected chi connectivity index (χ1v) is 10.8. The van der Waals surface area contributed by atoms with Crippen LogP contribution in [0.5, 0.6) is 0 Å². The van der Waals surface area contributed by atoms with Gasteiger partial charge >= 0.3 is 0 Å². The molecule has 1 saturated heterocycles. The van der Waals surface area contributed by atoms with Gasteiger partial charge in [-0.2, -0.15) is 4.31 Å². The van der Waals surface area contributed by atoms with Gasteiger partial charge in [0.15, 0.2) is 0 Å². The lowest BCUT2D eigenvalue weighted by Gasteiger charge is -2.18. The molecule has 146 valence electrons. The zero-order valence-electron chi connectivity index (χ0n) is 16.2. The number of aryl methyl sites for hydroxylation is 3. The average molecular weight is 390 g/mol. The van der Waals surface area contributed by atoms with Crippen LogP contribution >= 0.6 is 0 Å². The molecule has 6 nitrogen and oxygen atoms in total. The van der Waals surface area contributed by atoms with Crippen molar-refractivity contribution in [1.82, 2.24) is 8.87 Å². The minimum Gasteiger partial charge on any atom is -0.345 e. The molecule has 1 fully saturated rings. The minimum atomic E-state index is -3.57. The van der Waals surface area contributed by atoms with E-state index in [0.717, 1.165) is 36.8 Å². The zero-order valence-corrected chi connectivity index (χ0v) is 17.0. The summed E-state index contributed by atoms with van der Waals surface area (Å²) in [6, 6.07) is 7.17. The molecule has 1 amide bonds. The highest BCUT2D eigenvalue weighted by atomic mass is 32.2. The third kappa shape index (κ3) is 4.25. The Bertz CT molecular complexity index is 939. The van der Waals surface area contributed by atoms with Gasteiger partial charge < -0.3 is 9.88 Å². The van der Waals surface area contributed by atoms with Gasteiger partial charge in [-0.25, -0.2) is 8.42 Å². The number of rotatable bonds is 4. The van der Waals surface area contributed by atoms with Gasteiger partial charge in [-0.05, 0) is 56.0 Å². The molecule has 0 aliphatic carbocycles. The molecule has 0 radical (unpaired) electrons. The Balaban J connectivity index is 1.82. The lowest BCUT2D eigenvalue weighted by molar-refractivity contribution is 0.101. The van der Waals surface area contributed by atoms with Gasteiger partial charge in [0, 0.05) is 32.0 Å². The van der Waals surface area contributed by atoms with Crippen molar-refractivity contribution in [3.63, 3.8) is 0 Å². The van der Waals surface area contributed by atoms with Gasteiger partial charge in [-0.1, -0.05) is 18.9 Å². The van der Waals surface area contributed by atoms with Crippen molar-refractivity contribution in [3.05, 3.63) is 47.3 Å². The molecule has 1 aliphatic rings. The highest BCUT2D eigenvalue weighted by Gasteiger charge is 2.28. The topological polar surface area (TPSA) is 71.4 Å². The molecule has 1 N–H and O–H groups in total. The quantitative estimate of drug-likeness (QED) is 0.870. The molecule has 3 rings (SSSR count). The standard InChI is InChI=1S/C20H27N3O3S/c1-15-8-9-17(12-16(15)2)21-20(24)19-13-18(14-22(19)3)27(25,26)23-10-6-4-5-7-11-23/h8-9,12-14H,4-7,10-11H2,1-3H3,(H,21,24). The average Bonchev–Trinajstić information content (AvgIpc) is 2.83. The number of carbonyl (C=O) groups excluding carboxylic acids is 1. The number of amides is 1. The monoisotopic (exact) mass is 389 g/mol. The first-order valence-electron chi connectivity index (χ1n) is 9.34. The lowest BCUT2D eigenvalue weighted by Crippen LogP contribution is -2.31. The number of nitrogens with one attached hydrogen (secondary N) is 1. The van der Waals surface area contributed by atoms with E-state index in [-0.39, 0.29) is 10.8 Å². The van der Waals surface area contributed by atoms with Crippen LogP contribution in [0.4, 0.5) is 5.69 Å². The van der Waals surface area contributed by atoms with Gasteiger partial charge in [0.25, 0.3) is 5.91 Å². The van der Waals surface area contributed by atoms with E-state index < -0.39 is 10.0 Å². The number of nitrogens with zero attached hydrogens (tertiary/aromatic N) is 2. The highest BCUT2D eigenvalue weighted by Crippen LogP contribution is 2.23. The van der Waals surface area contributed by atoms with Crippen molar-refractivity contribution >= 4 is 21.6 Å². The van der Waals surface area contributed by atoms with Crippen molar-refractivity contribution in [3.8, 4) is 0 Å². The number of sulfonamides is 1. The molecule has 0 bridgehead atoms. The van der Waals surface area contributed by atoms with Crippen LogP contribution in [0.25, 0.3) is 0 Å². The van der Waals surface area contributed by atoms with Gasteiger partial charge in [-0.3, -0.25) is 4.79 Å². The molecule has 2 aromatic rings. The van der Waals surface area contributed by atoms with E-state index in [9.17, 15) is 13.2 Å². The van der Waals surface area contributed by atoms with E-state index in [1.165, 1.54) is 12.3 Å². The molecular formula is C20H27N3O3S. The second-order valence-corrected chi connectivity index (χ2v) is 9.18. The van der Waals surface area contributed by atoms with Gasteiger partial charge in [-0.15, -0.1) is 0 Å². The van der Waals surface area contributed by atoms with E-state index in [1.54, 1.807) is 15.9 Å². The Hall–Kier alpha value is -2.12. The largest absolute Gasteiger partial charge is 0.345 e. The van der Waals surface area contributed by atoms with Gasteiger partial charge in [0.1, 0.15) is 10.6 Å². The van der Waals surface area contributed by atoms with E-state index in [4.69, 9.17) is 0 Å². The van der Waals surface area contributed by atoms with Crippen molar-refractivity contribution < 1.29 is 13.2 Å². The second kappa shape index (κ2) is 7.86. The smallest absolute Gasteiger partial charge is 0.272 e. The maximum Gasteiger partial charge on any atom is 0.272 e. The number of anilines is 1. The molecule has 0 spiro atoms. The predicted octanol–water partition coefficient (Wildman–Crippen LogP) is 3.46. The number of hydrogen-bond donors (Lipinski definition) is 1. The van der Waals surface area contributed by atoms with Crippen LogP contribution in [0, 0.1) is 13.8 Å². The van der Waals surface area contributed by atoms with Crippen molar-refractivity contribution in [2.75, 3.05) is 18.4 Å². The fraction of sp³-hybridized carbons (Fsp3) is 0.450.